The van der Waals surface area contributed by atoms with Gasteiger partial charge < -0.3 is 47.0 Å². The summed E-state index contributed by atoms with van der Waals surface area (Å²) in [5.74, 6) is -0.211. The molecule has 4 saturated heterocycles. The Balaban J connectivity index is 0.000000401. The van der Waals surface area contributed by atoms with Crippen LogP contribution < -0.4 is 25.3 Å². The van der Waals surface area contributed by atoms with Crippen molar-refractivity contribution in [2.45, 2.75) is 52.4 Å². The van der Waals surface area contributed by atoms with Gasteiger partial charge in [-0.3, -0.25) is 14.9 Å². The standard InChI is InChI=1S/C15H21N3O3.C15H23N3O.C4H8O2.CH3.ClH.Pd/c19-18(20)14-5-4-13(16-8-10-21-11-9-16)12-15(14)17-6-2-1-3-7-17;16-14-5-4-13(17-8-10-19-11-9-17)12-15(14)18-6-2-1-3-7-18;1-3-6-4(2)5;;;/h4-5,12H,1-3,6-11H2;4-5,12H,1-3,6-11,16H2;3H2,1-2H3;1H3;1H;/q;;;-1;;. The predicted molar refractivity (Wildman–Crippen MR) is 198 cm³/mol. The summed E-state index contributed by atoms with van der Waals surface area (Å²) in [6, 6.07) is 11.9. The maximum absolute atomic E-state index is 11.3. The number of nitro groups is 1. The van der Waals surface area contributed by atoms with E-state index in [-0.39, 0.29) is 56.8 Å². The van der Waals surface area contributed by atoms with Crippen LogP contribution in [0.4, 0.5) is 34.1 Å². The van der Waals surface area contributed by atoms with Crippen LogP contribution in [0.5, 0.6) is 0 Å². The number of halogens is 1. The van der Waals surface area contributed by atoms with Gasteiger partial charge >= 0.3 is 5.97 Å². The fraction of sp³-hybridized carbons (Fsp3) is 0.600. The Morgan fingerprint density at radius 3 is 1.59 bits per heavy atom. The SMILES string of the molecule is CCOC(C)=O.Cl.Nc1ccc(N2CCOCC2)cc1N1CCCCC1.O=[N+]([O-])c1ccc(N2CCOCC2)cc1N1CCCCC1.[CH3-].[Pd]. The molecular formula is C35H56ClN6O6Pd-. The number of rotatable bonds is 6. The molecule has 0 unspecified atom stereocenters. The third-order valence-electron chi connectivity index (χ3n) is 8.66. The van der Waals surface area contributed by atoms with Crippen LogP contribution in [0.1, 0.15) is 52.4 Å². The van der Waals surface area contributed by atoms with E-state index in [9.17, 15) is 14.9 Å². The Kier molecular flexibility index (Phi) is 21.3. The zero-order valence-corrected chi connectivity index (χ0v) is 31.8. The number of nitro benzene ring substituents is 1. The number of hydrogen-bond acceptors (Lipinski definition) is 11. The summed E-state index contributed by atoms with van der Waals surface area (Å²) < 4.78 is 15.2. The Morgan fingerprint density at radius 1 is 0.755 bits per heavy atom. The average Bonchev–Trinajstić information content (AvgIpc) is 3.10. The predicted octanol–water partition coefficient (Wildman–Crippen LogP) is 5.96. The van der Waals surface area contributed by atoms with E-state index < -0.39 is 0 Å². The molecule has 280 valence electrons. The van der Waals surface area contributed by atoms with Crippen molar-refractivity contribution in [3.05, 3.63) is 53.9 Å². The first-order valence-electron chi connectivity index (χ1n) is 16.8. The van der Waals surface area contributed by atoms with Gasteiger partial charge in [-0.25, -0.2) is 0 Å². The second kappa shape index (κ2) is 23.6. The molecule has 0 radical (unpaired) electrons. The number of hydrogen-bond donors (Lipinski definition) is 1. The molecule has 2 aromatic carbocycles. The van der Waals surface area contributed by atoms with Crippen molar-refractivity contribution in [3.63, 3.8) is 0 Å². The van der Waals surface area contributed by atoms with Crippen LogP contribution in [0, 0.1) is 17.5 Å². The first-order chi connectivity index (χ1) is 22.4. The van der Waals surface area contributed by atoms with E-state index in [0.717, 1.165) is 109 Å². The summed E-state index contributed by atoms with van der Waals surface area (Å²) in [7, 11) is 0. The largest absolute Gasteiger partial charge is 0.466 e. The molecule has 4 fully saturated rings. The molecule has 0 aromatic heterocycles. The van der Waals surface area contributed by atoms with Crippen molar-refractivity contribution in [3.8, 4) is 0 Å². The Hall–Kier alpha value is -2.82. The summed E-state index contributed by atoms with van der Waals surface area (Å²) in [5.41, 5.74) is 11.6. The zero-order valence-electron chi connectivity index (χ0n) is 29.4. The van der Waals surface area contributed by atoms with E-state index in [1.807, 2.05) is 12.1 Å². The molecule has 0 spiro atoms. The van der Waals surface area contributed by atoms with Gasteiger partial charge in [-0.2, -0.15) is 0 Å². The van der Waals surface area contributed by atoms with Crippen molar-refractivity contribution in [2.24, 2.45) is 0 Å². The van der Waals surface area contributed by atoms with Crippen LogP contribution in [0.2, 0.25) is 0 Å². The minimum atomic E-state index is -0.271. The zero-order chi connectivity index (χ0) is 32.7. The third-order valence-corrected chi connectivity index (χ3v) is 8.66. The quantitative estimate of drug-likeness (QED) is 0.0930. The second-order valence-electron chi connectivity index (χ2n) is 11.9. The number of anilines is 5. The summed E-state index contributed by atoms with van der Waals surface area (Å²) in [4.78, 5) is 30.1. The van der Waals surface area contributed by atoms with Crippen molar-refractivity contribution in [1.82, 2.24) is 0 Å². The van der Waals surface area contributed by atoms with Crippen molar-refractivity contribution in [2.75, 3.05) is 111 Å². The molecule has 0 atom stereocenters. The average molecular weight is 799 g/mol. The molecule has 4 heterocycles. The van der Waals surface area contributed by atoms with Crippen LogP contribution in [-0.4, -0.2) is 96.3 Å². The number of morpholine rings is 2. The molecule has 6 rings (SSSR count). The van der Waals surface area contributed by atoms with E-state index in [1.54, 1.807) is 13.0 Å². The minimum Gasteiger partial charge on any atom is -0.466 e. The number of piperidine rings is 2. The van der Waals surface area contributed by atoms with Gasteiger partial charge in [-0.1, -0.05) is 0 Å². The summed E-state index contributed by atoms with van der Waals surface area (Å²) in [6.45, 7) is 14.5. The van der Waals surface area contributed by atoms with E-state index in [1.165, 1.54) is 44.0 Å². The molecule has 0 bridgehead atoms. The first kappa shape index (κ1) is 44.2. The number of carbonyl (C=O) groups excluding carboxylic acids is 1. The maximum atomic E-state index is 11.3. The minimum absolute atomic E-state index is 0. The summed E-state index contributed by atoms with van der Waals surface area (Å²) in [6.07, 6.45) is 7.34. The normalized spacial score (nSPS) is 17.3. The van der Waals surface area contributed by atoms with E-state index in [4.69, 9.17) is 15.2 Å². The fourth-order valence-electron chi connectivity index (χ4n) is 6.23. The van der Waals surface area contributed by atoms with Gasteiger partial charge in [-0.05, 0) is 75.8 Å². The Labute approximate surface area is 312 Å². The van der Waals surface area contributed by atoms with Crippen LogP contribution in [-0.2, 0) is 39.4 Å². The Morgan fingerprint density at radius 2 is 1.18 bits per heavy atom. The van der Waals surface area contributed by atoms with Crippen LogP contribution in [0.25, 0.3) is 0 Å². The smallest absolute Gasteiger partial charge is 0.302 e. The van der Waals surface area contributed by atoms with Crippen LogP contribution in [0.3, 0.4) is 0 Å². The van der Waals surface area contributed by atoms with E-state index in [2.05, 4.69) is 42.5 Å². The maximum Gasteiger partial charge on any atom is 0.302 e. The van der Waals surface area contributed by atoms with E-state index >= 15 is 0 Å². The van der Waals surface area contributed by atoms with Gasteiger partial charge in [0.25, 0.3) is 5.69 Å². The molecule has 12 nitrogen and oxygen atoms in total. The Bertz CT molecular complexity index is 1250. The monoisotopic (exact) mass is 797 g/mol. The topological polar surface area (TPSA) is 127 Å². The molecule has 2 N–H and O–H groups in total. The van der Waals surface area contributed by atoms with Gasteiger partial charge in [-0.15, -0.1) is 12.4 Å². The third kappa shape index (κ3) is 13.8. The van der Waals surface area contributed by atoms with Crippen molar-refractivity contribution >= 4 is 52.5 Å². The van der Waals surface area contributed by atoms with Gasteiger partial charge in [0.15, 0.2) is 0 Å². The second-order valence-corrected chi connectivity index (χ2v) is 11.9. The molecule has 0 aliphatic carbocycles. The number of ether oxygens (including phenoxy) is 3. The molecule has 14 heteroatoms. The van der Waals surface area contributed by atoms with E-state index in [0.29, 0.717) is 6.61 Å². The molecule has 4 aliphatic rings. The van der Waals surface area contributed by atoms with Crippen molar-refractivity contribution < 1.29 is 44.4 Å². The number of nitrogen functional groups attached to an aromatic ring is 1. The molecule has 0 amide bonds. The van der Waals surface area contributed by atoms with Gasteiger partial charge in [0, 0.05) is 97.1 Å². The first-order valence-corrected chi connectivity index (χ1v) is 16.8. The molecule has 0 saturated carbocycles. The number of carbonyl (C=O) groups is 1. The van der Waals surface area contributed by atoms with Gasteiger partial charge in [0.05, 0.1) is 49.3 Å². The van der Waals surface area contributed by atoms with Crippen molar-refractivity contribution in [1.29, 1.82) is 0 Å². The number of benzene rings is 2. The number of esters is 1. The van der Waals surface area contributed by atoms with Crippen LogP contribution in [0.15, 0.2) is 36.4 Å². The number of nitrogens with zero attached hydrogens (tertiary/aromatic N) is 5. The molecule has 2 aromatic rings. The summed E-state index contributed by atoms with van der Waals surface area (Å²) >= 11 is 0. The fourth-order valence-corrected chi connectivity index (χ4v) is 6.23. The van der Waals surface area contributed by atoms with Gasteiger partial charge in [0.2, 0.25) is 0 Å². The van der Waals surface area contributed by atoms with Gasteiger partial charge in [0.1, 0.15) is 5.69 Å². The number of nitrogens with two attached hydrogens (primary N) is 1. The molecule has 49 heavy (non-hydrogen) atoms. The molecular weight excluding hydrogens is 742 g/mol. The van der Waals surface area contributed by atoms with Crippen LogP contribution >= 0.6 is 12.4 Å². The molecule has 4 aliphatic heterocycles. The summed E-state index contributed by atoms with van der Waals surface area (Å²) in [5, 5.41) is 11.3.